The second-order valence-electron chi connectivity index (χ2n) is 4.98. The van der Waals surface area contributed by atoms with E-state index in [4.69, 9.17) is 4.74 Å². The molecule has 0 aliphatic heterocycles. The summed E-state index contributed by atoms with van der Waals surface area (Å²) < 4.78 is 5.15. The van der Waals surface area contributed by atoms with Crippen molar-refractivity contribution in [3.05, 3.63) is 71.3 Å². The van der Waals surface area contributed by atoms with Gasteiger partial charge in [-0.25, -0.2) is 9.59 Å². The number of esters is 1. The molecule has 0 bridgehead atoms. The van der Waals surface area contributed by atoms with E-state index in [1.165, 1.54) is 0 Å². The molecule has 0 radical (unpaired) electrons. The lowest BCUT2D eigenvalue weighted by Gasteiger charge is -2.14. The third-order valence-corrected chi connectivity index (χ3v) is 3.28. The molecule has 1 unspecified atom stereocenters. The van der Waals surface area contributed by atoms with E-state index in [0.29, 0.717) is 11.1 Å². The fourth-order valence-electron chi connectivity index (χ4n) is 2.16. The fourth-order valence-corrected chi connectivity index (χ4v) is 2.16. The third kappa shape index (κ3) is 3.95. The summed E-state index contributed by atoms with van der Waals surface area (Å²) >= 11 is 0. The molecular formula is C18H18O4. The maximum Gasteiger partial charge on any atom is 0.349 e. The summed E-state index contributed by atoms with van der Waals surface area (Å²) in [5.41, 5.74) is 1.92. The number of carbonyl (C=O) groups excluding carboxylic acids is 1. The van der Waals surface area contributed by atoms with Crippen LogP contribution in [0, 0.1) is 0 Å². The molecule has 4 nitrogen and oxygen atoms in total. The van der Waals surface area contributed by atoms with Gasteiger partial charge in [-0.05, 0) is 24.1 Å². The van der Waals surface area contributed by atoms with Gasteiger partial charge in [-0.2, -0.15) is 0 Å². The first-order valence-electron chi connectivity index (χ1n) is 7.19. The van der Waals surface area contributed by atoms with Crippen LogP contribution in [0.2, 0.25) is 0 Å². The van der Waals surface area contributed by atoms with Crippen LogP contribution in [-0.4, -0.2) is 17.0 Å². The fraction of sp³-hybridized carbons (Fsp3) is 0.222. The number of aliphatic carboxylic acids is 1. The van der Waals surface area contributed by atoms with E-state index in [-0.39, 0.29) is 0 Å². The number of benzene rings is 2. The number of hydrogen-bond acceptors (Lipinski definition) is 3. The minimum absolute atomic E-state index is 0.349. The molecular weight excluding hydrogens is 280 g/mol. The maximum absolute atomic E-state index is 12.1. The summed E-state index contributed by atoms with van der Waals surface area (Å²) in [6.07, 6.45) is 0.666. The van der Waals surface area contributed by atoms with Crippen LogP contribution in [0.15, 0.2) is 54.6 Å². The van der Waals surface area contributed by atoms with E-state index in [1.807, 2.05) is 12.1 Å². The highest BCUT2D eigenvalue weighted by Crippen LogP contribution is 2.19. The summed E-state index contributed by atoms with van der Waals surface area (Å²) in [4.78, 5) is 23.4. The molecule has 0 saturated heterocycles. The van der Waals surface area contributed by atoms with Gasteiger partial charge < -0.3 is 9.84 Å². The zero-order valence-corrected chi connectivity index (χ0v) is 12.4. The van der Waals surface area contributed by atoms with Crippen molar-refractivity contribution in [1.82, 2.24) is 0 Å². The lowest BCUT2D eigenvalue weighted by Crippen LogP contribution is -2.19. The lowest BCUT2D eigenvalue weighted by molar-refractivity contribution is -0.147. The van der Waals surface area contributed by atoms with Crippen molar-refractivity contribution < 1.29 is 19.4 Å². The number of carboxylic acids is 1. The van der Waals surface area contributed by atoms with Gasteiger partial charge in [0.1, 0.15) is 0 Å². The molecule has 0 saturated carbocycles. The Labute approximate surface area is 129 Å². The minimum Gasteiger partial charge on any atom is -0.478 e. The first-order valence-corrected chi connectivity index (χ1v) is 7.19. The quantitative estimate of drug-likeness (QED) is 0.827. The molecule has 4 heteroatoms. The molecule has 1 N–H and O–H groups in total. The Balaban J connectivity index is 2.13. The number of ether oxygens (including phenoxy) is 1. The topological polar surface area (TPSA) is 63.6 Å². The average molecular weight is 298 g/mol. The molecule has 114 valence electrons. The molecule has 0 fully saturated rings. The van der Waals surface area contributed by atoms with Crippen molar-refractivity contribution in [1.29, 1.82) is 0 Å². The molecule has 2 rings (SSSR count). The Bertz CT molecular complexity index is 632. The summed E-state index contributed by atoms with van der Waals surface area (Å²) in [7, 11) is 0. The summed E-state index contributed by atoms with van der Waals surface area (Å²) in [6, 6.07) is 15.5. The third-order valence-electron chi connectivity index (χ3n) is 3.28. The zero-order valence-electron chi connectivity index (χ0n) is 12.4. The molecule has 0 spiro atoms. The highest BCUT2D eigenvalue weighted by Gasteiger charge is 2.24. The van der Waals surface area contributed by atoms with Crippen LogP contribution >= 0.6 is 0 Å². The van der Waals surface area contributed by atoms with Crippen LogP contribution in [0.4, 0.5) is 0 Å². The van der Waals surface area contributed by atoms with Crippen molar-refractivity contribution >= 4 is 11.9 Å². The smallest absolute Gasteiger partial charge is 0.349 e. The van der Waals surface area contributed by atoms with Crippen molar-refractivity contribution in [3.8, 4) is 0 Å². The molecule has 2 aromatic rings. The van der Waals surface area contributed by atoms with Crippen LogP contribution in [-0.2, 0) is 16.0 Å². The van der Waals surface area contributed by atoms with Crippen LogP contribution in [0.25, 0.3) is 0 Å². The predicted molar refractivity (Wildman–Crippen MR) is 82.7 cm³/mol. The van der Waals surface area contributed by atoms with Crippen LogP contribution < -0.4 is 0 Å². The Morgan fingerprint density at radius 1 is 1.05 bits per heavy atom. The maximum atomic E-state index is 12.1. The number of aryl methyl sites for hydroxylation is 1. The average Bonchev–Trinajstić information content (AvgIpc) is 2.54. The zero-order chi connectivity index (χ0) is 15.9. The Morgan fingerprint density at radius 2 is 1.68 bits per heavy atom. The van der Waals surface area contributed by atoms with Crippen LogP contribution in [0.3, 0.4) is 0 Å². The molecule has 0 amide bonds. The summed E-state index contributed by atoms with van der Waals surface area (Å²) in [6.45, 7) is 2.08. The molecule has 0 heterocycles. The van der Waals surface area contributed by atoms with E-state index in [2.05, 4.69) is 6.92 Å². The second-order valence-corrected chi connectivity index (χ2v) is 4.98. The molecule has 2 aromatic carbocycles. The highest BCUT2D eigenvalue weighted by atomic mass is 16.6. The minimum atomic E-state index is -1.30. The van der Waals surface area contributed by atoms with Gasteiger partial charge in [0, 0.05) is 5.56 Å². The van der Waals surface area contributed by atoms with Gasteiger partial charge >= 0.3 is 11.9 Å². The molecule has 0 aliphatic rings. The summed E-state index contributed by atoms with van der Waals surface area (Å²) in [5, 5.41) is 9.26. The van der Waals surface area contributed by atoms with E-state index >= 15 is 0 Å². The number of carbonyl (C=O) groups is 2. The first kappa shape index (κ1) is 15.8. The number of rotatable bonds is 6. The van der Waals surface area contributed by atoms with Gasteiger partial charge in [-0.1, -0.05) is 55.8 Å². The Kier molecular flexibility index (Phi) is 5.31. The van der Waals surface area contributed by atoms with E-state index in [0.717, 1.165) is 18.4 Å². The highest BCUT2D eigenvalue weighted by molar-refractivity contribution is 5.91. The van der Waals surface area contributed by atoms with Gasteiger partial charge in [0.05, 0.1) is 5.56 Å². The van der Waals surface area contributed by atoms with Crippen molar-refractivity contribution in [3.63, 3.8) is 0 Å². The molecule has 0 aliphatic carbocycles. The Hall–Kier alpha value is -2.62. The van der Waals surface area contributed by atoms with E-state index in [1.54, 1.807) is 42.5 Å². The lowest BCUT2D eigenvalue weighted by atomic mass is 10.1. The van der Waals surface area contributed by atoms with Crippen LogP contribution in [0.5, 0.6) is 0 Å². The van der Waals surface area contributed by atoms with Crippen molar-refractivity contribution in [2.24, 2.45) is 0 Å². The molecule has 1 atom stereocenters. The van der Waals surface area contributed by atoms with E-state index < -0.39 is 18.0 Å². The van der Waals surface area contributed by atoms with Gasteiger partial charge in [-0.3, -0.25) is 0 Å². The Morgan fingerprint density at radius 3 is 2.23 bits per heavy atom. The van der Waals surface area contributed by atoms with E-state index in [9.17, 15) is 14.7 Å². The normalized spacial score (nSPS) is 11.7. The van der Waals surface area contributed by atoms with Crippen molar-refractivity contribution in [2.45, 2.75) is 25.9 Å². The van der Waals surface area contributed by atoms with Crippen LogP contribution in [0.1, 0.15) is 40.9 Å². The monoisotopic (exact) mass is 298 g/mol. The number of hydrogen-bond donors (Lipinski definition) is 1. The summed E-state index contributed by atoms with van der Waals surface area (Å²) in [5.74, 6) is -1.83. The van der Waals surface area contributed by atoms with Gasteiger partial charge in [-0.15, -0.1) is 0 Å². The van der Waals surface area contributed by atoms with Gasteiger partial charge in [0.2, 0.25) is 6.10 Å². The largest absolute Gasteiger partial charge is 0.478 e. The molecule has 22 heavy (non-hydrogen) atoms. The second kappa shape index (κ2) is 7.41. The van der Waals surface area contributed by atoms with Gasteiger partial charge in [0.25, 0.3) is 0 Å². The predicted octanol–water partition coefficient (Wildman–Crippen LogP) is 3.62. The number of carboxylic acid groups (broad SMARTS) is 1. The molecule has 0 aromatic heterocycles. The van der Waals surface area contributed by atoms with Crippen molar-refractivity contribution in [2.75, 3.05) is 0 Å². The standard InChI is InChI=1S/C18H18O4/c1-2-6-13-9-11-15(12-10-13)18(21)22-16(17(19)20)14-7-4-3-5-8-14/h3-5,7-12,16H,2,6H2,1H3,(H,19,20). The van der Waals surface area contributed by atoms with Gasteiger partial charge in [0.15, 0.2) is 0 Å². The first-order chi connectivity index (χ1) is 10.6. The SMILES string of the molecule is CCCc1ccc(C(=O)OC(C(=O)O)c2ccccc2)cc1.